The molecule has 0 radical (unpaired) electrons. The third-order valence-electron chi connectivity index (χ3n) is 2.80. The fraction of sp³-hybridized carbons (Fsp3) is 0.200. The molecule has 0 fully saturated rings. The van der Waals surface area contributed by atoms with Crippen LogP contribution in [0, 0.1) is 11.3 Å². The Labute approximate surface area is 117 Å². The van der Waals surface area contributed by atoms with Gasteiger partial charge in [0.05, 0.1) is 37.7 Å². The van der Waals surface area contributed by atoms with Crippen molar-refractivity contribution in [3.63, 3.8) is 0 Å². The highest BCUT2D eigenvalue weighted by Crippen LogP contribution is 2.28. The maximum absolute atomic E-state index is 9.14. The predicted octanol–water partition coefficient (Wildman–Crippen LogP) is 2.58. The Hall–Kier alpha value is -2.74. The Morgan fingerprint density at radius 1 is 1.15 bits per heavy atom. The van der Waals surface area contributed by atoms with Crippen LogP contribution in [0.5, 0.6) is 11.6 Å². The van der Waals surface area contributed by atoms with Crippen molar-refractivity contribution in [1.82, 2.24) is 4.98 Å². The second-order valence-corrected chi connectivity index (χ2v) is 4.02. The van der Waals surface area contributed by atoms with E-state index in [2.05, 4.69) is 16.4 Å². The van der Waals surface area contributed by atoms with Crippen molar-refractivity contribution < 1.29 is 9.47 Å². The van der Waals surface area contributed by atoms with E-state index in [0.29, 0.717) is 29.4 Å². The Morgan fingerprint density at radius 2 is 1.95 bits per heavy atom. The molecule has 2 rings (SSSR count). The topological polar surface area (TPSA) is 67.2 Å². The van der Waals surface area contributed by atoms with E-state index in [0.717, 1.165) is 5.69 Å². The number of anilines is 1. The Bertz CT molecular complexity index is 635. The van der Waals surface area contributed by atoms with Crippen LogP contribution < -0.4 is 14.8 Å². The minimum Gasteiger partial charge on any atom is -0.495 e. The van der Waals surface area contributed by atoms with Crippen LogP contribution in [0.2, 0.25) is 0 Å². The number of para-hydroxylation sites is 1. The van der Waals surface area contributed by atoms with Gasteiger partial charge in [-0.25, -0.2) is 4.98 Å². The summed E-state index contributed by atoms with van der Waals surface area (Å²) < 4.78 is 10.3. The first kappa shape index (κ1) is 13.7. The molecule has 0 saturated carbocycles. The van der Waals surface area contributed by atoms with Gasteiger partial charge in [0.25, 0.3) is 0 Å². The minimum atomic E-state index is 0.478. The molecule has 0 saturated heterocycles. The first-order valence-corrected chi connectivity index (χ1v) is 6.09. The molecule has 0 spiro atoms. The molecule has 0 aliphatic carbocycles. The van der Waals surface area contributed by atoms with Crippen LogP contribution in [0.1, 0.15) is 11.3 Å². The van der Waals surface area contributed by atoms with E-state index in [1.807, 2.05) is 18.2 Å². The summed E-state index contributed by atoms with van der Waals surface area (Å²) in [6, 6.07) is 13.0. The number of nitriles is 1. The number of hydrogen-bond donors (Lipinski definition) is 1. The van der Waals surface area contributed by atoms with Crippen molar-refractivity contribution in [3.05, 3.63) is 47.7 Å². The molecular weight excluding hydrogens is 254 g/mol. The van der Waals surface area contributed by atoms with Gasteiger partial charge in [0.1, 0.15) is 11.8 Å². The summed E-state index contributed by atoms with van der Waals surface area (Å²) in [5.74, 6) is 1.19. The summed E-state index contributed by atoms with van der Waals surface area (Å²) in [4.78, 5) is 4.31. The number of aromatic nitrogens is 1. The number of ether oxygens (including phenoxy) is 2. The molecule has 0 aliphatic heterocycles. The zero-order chi connectivity index (χ0) is 14.4. The number of hydrogen-bond acceptors (Lipinski definition) is 5. The van der Waals surface area contributed by atoms with Crippen molar-refractivity contribution in [3.8, 4) is 17.7 Å². The molecule has 0 unspecified atom stereocenters. The van der Waals surface area contributed by atoms with Gasteiger partial charge < -0.3 is 14.8 Å². The van der Waals surface area contributed by atoms with E-state index in [1.165, 1.54) is 0 Å². The van der Waals surface area contributed by atoms with Crippen molar-refractivity contribution in [2.45, 2.75) is 6.54 Å². The highest BCUT2D eigenvalue weighted by Gasteiger charge is 2.08. The van der Waals surface area contributed by atoms with Gasteiger partial charge in [-0.3, -0.25) is 0 Å². The molecule has 5 heteroatoms. The van der Waals surface area contributed by atoms with E-state index in [9.17, 15) is 0 Å². The third-order valence-corrected chi connectivity index (χ3v) is 2.80. The van der Waals surface area contributed by atoms with Crippen LogP contribution in [-0.2, 0) is 6.54 Å². The standard InChI is InChI=1S/C15H15N3O2/c1-19-13-7-3-5-11(9-16)15(13)17-10-12-6-4-8-14(18-12)20-2/h3-8,17H,10H2,1-2H3. The summed E-state index contributed by atoms with van der Waals surface area (Å²) in [5.41, 5.74) is 2.02. The number of nitrogens with one attached hydrogen (secondary N) is 1. The molecule has 0 amide bonds. The fourth-order valence-electron chi connectivity index (χ4n) is 1.83. The van der Waals surface area contributed by atoms with Crippen LogP contribution in [0.3, 0.4) is 0 Å². The Kier molecular flexibility index (Phi) is 4.40. The summed E-state index contributed by atoms with van der Waals surface area (Å²) in [6.07, 6.45) is 0. The summed E-state index contributed by atoms with van der Waals surface area (Å²) >= 11 is 0. The van der Waals surface area contributed by atoms with Crippen molar-refractivity contribution in [1.29, 1.82) is 5.26 Å². The van der Waals surface area contributed by atoms with Gasteiger partial charge in [-0.05, 0) is 18.2 Å². The second kappa shape index (κ2) is 6.43. The lowest BCUT2D eigenvalue weighted by molar-refractivity contribution is 0.396. The van der Waals surface area contributed by atoms with Gasteiger partial charge in [-0.2, -0.15) is 5.26 Å². The number of methoxy groups -OCH3 is 2. The van der Waals surface area contributed by atoms with Gasteiger partial charge >= 0.3 is 0 Å². The fourth-order valence-corrected chi connectivity index (χ4v) is 1.83. The van der Waals surface area contributed by atoms with E-state index in [-0.39, 0.29) is 0 Å². The van der Waals surface area contributed by atoms with E-state index in [4.69, 9.17) is 14.7 Å². The summed E-state index contributed by atoms with van der Waals surface area (Å²) in [7, 11) is 3.15. The van der Waals surface area contributed by atoms with Gasteiger partial charge in [0.15, 0.2) is 0 Å². The zero-order valence-electron chi connectivity index (χ0n) is 11.4. The molecule has 20 heavy (non-hydrogen) atoms. The normalized spacial score (nSPS) is 9.65. The Balaban J connectivity index is 2.20. The highest BCUT2D eigenvalue weighted by molar-refractivity contribution is 5.66. The molecule has 102 valence electrons. The van der Waals surface area contributed by atoms with Crippen molar-refractivity contribution in [2.75, 3.05) is 19.5 Å². The number of nitrogens with zero attached hydrogens (tertiary/aromatic N) is 2. The quantitative estimate of drug-likeness (QED) is 0.903. The average Bonchev–Trinajstić information content (AvgIpc) is 2.52. The van der Waals surface area contributed by atoms with E-state index < -0.39 is 0 Å². The molecule has 1 aromatic heterocycles. The van der Waals surface area contributed by atoms with Crippen LogP contribution in [0.4, 0.5) is 5.69 Å². The van der Waals surface area contributed by atoms with E-state index in [1.54, 1.807) is 32.4 Å². The number of benzene rings is 1. The van der Waals surface area contributed by atoms with Crippen LogP contribution in [0.25, 0.3) is 0 Å². The van der Waals surface area contributed by atoms with Crippen LogP contribution in [-0.4, -0.2) is 19.2 Å². The van der Waals surface area contributed by atoms with Gasteiger partial charge in [-0.15, -0.1) is 0 Å². The monoisotopic (exact) mass is 269 g/mol. The average molecular weight is 269 g/mol. The van der Waals surface area contributed by atoms with Gasteiger partial charge in [0, 0.05) is 6.07 Å². The minimum absolute atomic E-state index is 0.478. The van der Waals surface area contributed by atoms with Crippen molar-refractivity contribution >= 4 is 5.69 Å². The summed E-state index contributed by atoms with van der Waals surface area (Å²) in [5, 5.41) is 12.3. The summed E-state index contributed by atoms with van der Waals surface area (Å²) in [6.45, 7) is 0.478. The molecule has 5 nitrogen and oxygen atoms in total. The third kappa shape index (κ3) is 2.98. The Morgan fingerprint density at radius 3 is 2.65 bits per heavy atom. The maximum Gasteiger partial charge on any atom is 0.213 e. The lowest BCUT2D eigenvalue weighted by Gasteiger charge is -2.12. The van der Waals surface area contributed by atoms with E-state index >= 15 is 0 Å². The SMILES string of the molecule is COc1cccc(CNc2c(C#N)cccc2OC)n1. The molecule has 1 heterocycles. The highest BCUT2D eigenvalue weighted by atomic mass is 16.5. The lowest BCUT2D eigenvalue weighted by atomic mass is 10.1. The van der Waals surface area contributed by atoms with Gasteiger partial charge in [0.2, 0.25) is 5.88 Å². The van der Waals surface area contributed by atoms with Gasteiger partial charge in [-0.1, -0.05) is 12.1 Å². The first-order valence-electron chi connectivity index (χ1n) is 6.09. The smallest absolute Gasteiger partial charge is 0.213 e. The lowest BCUT2D eigenvalue weighted by Crippen LogP contribution is -2.05. The molecule has 1 N–H and O–H groups in total. The molecule has 0 aliphatic rings. The van der Waals surface area contributed by atoms with Crippen molar-refractivity contribution in [2.24, 2.45) is 0 Å². The van der Waals surface area contributed by atoms with Crippen LogP contribution >= 0.6 is 0 Å². The molecule has 0 atom stereocenters. The number of pyridine rings is 1. The molecule has 1 aromatic carbocycles. The second-order valence-electron chi connectivity index (χ2n) is 4.02. The zero-order valence-corrected chi connectivity index (χ0v) is 11.4. The van der Waals surface area contributed by atoms with Crippen LogP contribution in [0.15, 0.2) is 36.4 Å². The molecule has 2 aromatic rings. The predicted molar refractivity (Wildman–Crippen MR) is 75.8 cm³/mol. The molecule has 0 bridgehead atoms. The number of rotatable bonds is 5. The maximum atomic E-state index is 9.14. The largest absolute Gasteiger partial charge is 0.495 e. The first-order chi connectivity index (χ1) is 9.78. The molecular formula is C15H15N3O2.